The van der Waals surface area contributed by atoms with Crippen LogP contribution in [0.4, 0.5) is 0 Å². The quantitative estimate of drug-likeness (QED) is 0.0643. The molecule has 0 aromatic heterocycles. The second kappa shape index (κ2) is 25.3. The Labute approximate surface area is 408 Å². The minimum absolute atomic E-state index is 0.781. The topological polar surface area (TPSA) is 504 Å². The maximum absolute atomic E-state index is 12.5. The molecule has 19 N–H and O–H groups in total. The number of amides is 2. The normalized spacial score (nSPS) is 50.3. The number of ether oxygens (including phenoxy) is 11. The van der Waals surface area contributed by atoms with Crippen molar-refractivity contribution in [3.05, 3.63) is 0 Å². The van der Waals surface area contributed by atoms with E-state index in [4.69, 9.17) is 52.1 Å². The van der Waals surface area contributed by atoms with E-state index in [1.807, 2.05) is 0 Å². The van der Waals surface area contributed by atoms with E-state index in [9.17, 15) is 96.4 Å². The van der Waals surface area contributed by atoms with Crippen LogP contribution in [0.5, 0.6) is 0 Å². The van der Waals surface area contributed by atoms with Gasteiger partial charge in [-0.1, -0.05) is 0 Å². The van der Waals surface area contributed by atoms with E-state index in [1.165, 1.54) is 6.92 Å². The lowest BCUT2D eigenvalue weighted by molar-refractivity contribution is -0.401. The predicted molar refractivity (Wildman–Crippen MR) is 221 cm³/mol. The van der Waals surface area contributed by atoms with E-state index < -0.39 is 229 Å². The molecule has 6 aliphatic rings. The van der Waals surface area contributed by atoms with Crippen molar-refractivity contribution in [3.63, 3.8) is 0 Å². The fraction of sp³-hybridized carbons (Fsp3) is 0.950. The van der Waals surface area contributed by atoms with Crippen molar-refractivity contribution in [2.75, 3.05) is 33.0 Å². The Morgan fingerprint density at radius 3 is 1.31 bits per heavy atom. The zero-order valence-corrected chi connectivity index (χ0v) is 38.8. The maximum Gasteiger partial charge on any atom is 0.217 e. The maximum atomic E-state index is 12.5. The molecule has 0 saturated carbocycles. The van der Waals surface area contributed by atoms with Crippen LogP contribution in [-0.2, 0) is 61.7 Å². The molecular weight excluding hydrogens is 988 g/mol. The first-order valence-electron chi connectivity index (χ1n) is 23.0. The molecule has 6 aliphatic heterocycles. The Morgan fingerprint density at radius 2 is 0.792 bits per heavy atom. The molecule has 0 unspecified atom stereocenters. The molecule has 32 nitrogen and oxygen atoms in total. The van der Waals surface area contributed by atoms with Gasteiger partial charge in [0, 0.05) is 13.8 Å². The number of rotatable bonds is 17. The second-order valence-corrected chi connectivity index (χ2v) is 18.3. The van der Waals surface area contributed by atoms with Crippen molar-refractivity contribution < 1.29 is 149 Å². The highest BCUT2D eigenvalue weighted by Crippen LogP contribution is 2.37. The van der Waals surface area contributed by atoms with Crippen molar-refractivity contribution in [2.24, 2.45) is 0 Å². The summed E-state index contributed by atoms with van der Waals surface area (Å²) in [5, 5.41) is 186. The van der Waals surface area contributed by atoms with Gasteiger partial charge in [0.15, 0.2) is 37.7 Å². The Morgan fingerprint density at radius 1 is 0.389 bits per heavy atom. The van der Waals surface area contributed by atoms with E-state index >= 15 is 0 Å². The molecule has 0 radical (unpaired) electrons. The number of aliphatic hydroxyl groups is 17. The lowest BCUT2D eigenvalue weighted by Crippen LogP contribution is -2.70. The Bertz CT molecular complexity index is 1730. The highest BCUT2D eigenvalue weighted by Gasteiger charge is 2.58. The van der Waals surface area contributed by atoms with Gasteiger partial charge in [0.1, 0.15) is 140 Å². The zero-order valence-electron chi connectivity index (χ0n) is 38.8. The number of aliphatic hydroxyl groups excluding tert-OH is 17. The third-order valence-corrected chi connectivity index (χ3v) is 13.2. The molecule has 0 aliphatic carbocycles. The minimum Gasteiger partial charge on any atom is -0.394 e. The molecule has 0 aromatic carbocycles. The van der Waals surface area contributed by atoms with Crippen LogP contribution in [0.2, 0.25) is 0 Å². The Balaban J connectivity index is 1.28. The van der Waals surface area contributed by atoms with Crippen LogP contribution in [0, 0.1) is 0 Å². The van der Waals surface area contributed by atoms with Crippen molar-refractivity contribution in [1.82, 2.24) is 10.6 Å². The standard InChI is InChI=1S/C40H68N2O30/c1-9-19(49)25(55)28(58)37(63-9)72-34-33(71-39-30(60)27(57)21(51)13(5-44)66-39)22(52)14(6-45)67-40(34)70-32-18(42-11(3)48)35(61)64-16(23(32)53)8-62-36-17(41-10(2)47)24(54)31(15(7-46)68-36)69-38-29(59)26(56)20(50)12(4-43)65-38/h9,12-40,43-46,49-61H,4-8H2,1-3H3,(H,41,47)(H,42,48)/t9-,12+,13+,14+,15+,16+,17+,18+,19+,20-,21-,22-,23-,24+,25+,26-,27-,28-,29+,30+,31+,32+,33-,34+,35-,36+,37-,38-,39+,40-/m0/s1. The zero-order chi connectivity index (χ0) is 53.2. The summed E-state index contributed by atoms with van der Waals surface area (Å²) in [6.07, 6.45) is -52.2. The molecule has 418 valence electrons. The highest BCUT2D eigenvalue weighted by atomic mass is 16.8. The van der Waals surface area contributed by atoms with Gasteiger partial charge >= 0.3 is 0 Å². The lowest BCUT2D eigenvalue weighted by atomic mass is 9.94. The van der Waals surface area contributed by atoms with Gasteiger partial charge in [0.2, 0.25) is 11.8 Å². The fourth-order valence-electron chi connectivity index (χ4n) is 9.13. The molecule has 30 atom stereocenters. The molecule has 32 heteroatoms. The average Bonchev–Trinajstić information content (AvgIpc) is 3.34. The summed E-state index contributed by atoms with van der Waals surface area (Å²) in [5.74, 6) is -1.61. The molecular formula is C40H68N2O30. The summed E-state index contributed by atoms with van der Waals surface area (Å²) in [5.41, 5.74) is 0. The van der Waals surface area contributed by atoms with Gasteiger partial charge in [-0.2, -0.15) is 0 Å². The Hall–Kier alpha value is -2.18. The highest BCUT2D eigenvalue weighted by molar-refractivity contribution is 5.73. The van der Waals surface area contributed by atoms with Gasteiger partial charge in [-0.3, -0.25) is 9.59 Å². The third-order valence-electron chi connectivity index (χ3n) is 13.2. The van der Waals surface area contributed by atoms with Gasteiger partial charge in [-0.25, -0.2) is 0 Å². The van der Waals surface area contributed by atoms with Crippen molar-refractivity contribution >= 4 is 11.8 Å². The van der Waals surface area contributed by atoms with Gasteiger partial charge in [-0.15, -0.1) is 0 Å². The number of hydrogen-bond donors (Lipinski definition) is 19. The average molecular weight is 1060 g/mol. The fourth-order valence-corrected chi connectivity index (χ4v) is 9.13. The van der Waals surface area contributed by atoms with Crippen LogP contribution in [0.1, 0.15) is 20.8 Å². The third kappa shape index (κ3) is 12.6. The summed E-state index contributed by atoms with van der Waals surface area (Å²) < 4.78 is 63.5. The number of nitrogens with one attached hydrogen (secondary N) is 2. The van der Waals surface area contributed by atoms with Gasteiger partial charge in [0.25, 0.3) is 0 Å². The smallest absolute Gasteiger partial charge is 0.217 e. The summed E-state index contributed by atoms with van der Waals surface area (Å²) in [7, 11) is 0. The van der Waals surface area contributed by atoms with Crippen LogP contribution in [-0.4, -0.2) is 316 Å². The van der Waals surface area contributed by atoms with Crippen molar-refractivity contribution in [3.8, 4) is 0 Å². The second-order valence-electron chi connectivity index (χ2n) is 18.3. The molecule has 6 heterocycles. The number of carbonyl (C=O) groups excluding carboxylic acids is 2. The van der Waals surface area contributed by atoms with E-state index in [0.717, 1.165) is 13.8 Å². The first kappa shape index (κ1) is 59.1. The molecule has 0 spiro atoms. The van der Waals surface area contributed by atoms with Crippen LogP contribution in [0.3, 0.4) is 0 Å². The van der Waals surface area contributed by atoms with Crippen LogP contribution < -0.4 is 10.6 Å². The lowest BCUT2D eigenvalue weighted by Gasteiger charge is -2.51. The molecule has 6 fully saturated rings. The molecule has 2 amide bonds. The first-order valence-corrected chi connectivity index (χ1v) is 23.0. The Kier molecular flexibility index (Phi) is 20.8. The number of carbonyl (C=O) groups is 2. The number of hydrogen-bond acceptors (Lipinski definition) is 30. The van der Waals surface area contributed by atoms with E-state index in [2.05, 4.69) is 10.6 Å². The molecule has 72 heavy (non-hydrogen) atoms. The predicted octanol–water partition coefficient (Wildman–Crippen LogP) is -12.8. The van der Waals surface area contributed by atoms with Crippen LogP contribution >= 0.6 is 0 Å². The molecule has 6 rings (SSSR count). The van der Waals surface area contributed by atoms with Gasteiger partial charge in [0.05, 0.1) is 39.1 Å². The van der Waals surface area contributed by atoms with E-state index in [0.29, 0.717) is 0 Å². The van der Waals surface area contributed by atoms with Crippen LogP contribution in [0.25, 0.3) is 0 Å². The first-order chi connectivity index (χ1) is 34.0. The summed E-state index contributed by atoms with van der Waals surface area (Å²) in [6, 6.07) is -3.38. The van der Waals surface area contributed by atoms with Gasteiger partial charge < -0.3 is 150 Å². The summed E-state index contributed by atoms with van der Waals surface area (Å²) in [6.45, 7) is -1.26. The summed E-state index contributed by atoms with van der Waals surface area (Å²) >= 11 is 0. The summed E-state index contributed by atoms with van der Waals surface area (Å²) in [4.78, 5) is 25.0. The molecule has 0 bridgehead atoms. The largest absolute Gasteiger partial charge is 0.394 e. The molecule has 0 aromatic rings. The SMILES string of the molecule is CC(=O)N[C@@H]1[C@@H](O[C@@H]2O[C@H](CO)[C@H](O)[C@H](O[C@H]3O[C@H](CO)[C@H](O)[C@H](O)[C@H]3O)[C@H]2O[C@@H]2O[C@@H](C)[C@@H](O)[C@@H](O)[C@@H]2O)[C@@H](O)[C@@H](CO[C@@H]2O[C@H](CO)[C@@H](O[C@@H]3O[C@H](CO)[C@H](O)[C@H](O)[C@H]3O)[C@H](O)[C@H]2NC(C)=O)O[C@@H]1O. The van der Waals surface area contributed by atoms with Gasteiger partial charge in [-0.05, 0) is 6.92 Å². The van der Waals surface area contributed by atoms with Crippen molar-refractivity contribution in [2.45, 2.75) is 205 Å². The van der Waals surface area contributed by atoms with E-state index in [-0.39, 0.29) is 0 Å². The minimum atomic E-state index is -2.12. The monoisotopic (exact) mass is 1060 g/mol. The van der Waals surface area contributed by atoms with Crippen molar-refractivity contribution in [1.29, 1.82) is 0 Å². The van der Waals surface area contributed by atoms with Crippen LogP contribution in [0.15, 0.2) is 0 Å². The molecule has 6 saturated heterocycles. The van der Waals surface area contributed by atoms with E-state index in [1.54, 1.807) is 0 Å².